The molecular formula is C18H23N3O3. The highest BCUT2D eigenvalue weighted by molar-refractivity contribution is 5.74. The molecule has 2 heterocycles. The number of fused-ring (bicyclic) bond motifs is 1. The van der Waals surface area contributed by atoms with Crippen molar-refractivity contribution in [1.82, 2.24) is 15.8 Å². The van der Waals surface area contributed by atoms with Crippen molar-refractivity contribution in [1.29, 1.82) is 0 Å². The molecule has 0 bridgehead atoms. The van der Waals surface area contributed by atoms with E-state index in [0.29, 0.717) is 12.2 Å². The minimum atomic E-state index is -0.220. The third-order valence-electron chi connectivity index (χ3n) is 4.12. The molecule has 2 amide bonds. The summed E-state index contributed by atoms with van der Waals surface area (Å²) in [5.74, 6) is 0.939. The molecule has 2 N–H and O–H groups in total. The second-order valence-electron chi connectivity index (χ2n) is 6.68. The molecule has 0 aliphatic carbocycles. The van der Waals surface area contributed by atoms with E-state index in [1.165, 1.54) is 11.8 Å². The van der Waals surface area contributed by atoms with Crippen LogP contribution in [0.3, 0.4) is 0 Å². The lowest BCUT2D eigenvalue weighted by Gasteiger charge is -2.18. The Morgan fingerprint density at radius 1 is 1.38 bits per heavy atom. The van der Waals surface area contributed by atoms with Crippen LogP contribution in [0.15, 0.2) is 35.1 Å². The molecule has 0 saturated carbocycles. The second-order valence-corrected chi connectivity index (χ2v) is 6.68. The molecule has 128 valence electrons. The summed E-state index contributed by atoms with van der Waals surface area (Å²) in [6, 6.07) is 7.61. The summed E-state index contributed by atoms with van der Waals surface area (Å²) >= 11 is 0. The smallest absolute Gasteiger partial charge is 0.315 e. The fourth-order valence-electron chi connectivity index (χ4n) is 2.98. The second kappa shape index (κ2) is 6.55. The van der Waals surface area contributed by atoms with Gasteiger partial charge in [-0.3, -0.25) is 0 Å². The lowest BCUT2D eigenvalue weighted by molar-refractivity contribution is 0.138. The Morgan fingerprint density at radius 2 is 2.21 bits per heavy atom. The Bertz CT molecular complexity index is 710. The van der Waals surface area contributed by atoms with Gasteiger partial charge in [0.05, 0.1) is 12.6 Å². The molecule has 0 saturated heterocycles. The van der Waals surface area contributed by atoms with E-state index in [-0.39, 0.29) is 17.7 Å². The van der Waals surface area contributed by atoms with Crippen LogP contribution in [0.1, 0.15) is 50.1 Å². The van der Waals surface area contributed by atoms with E-state index in [2.05, 4.69) is 42.6 Å². The molecule has 1 unspecified atom stereocenters. The van der Waals surface area contributed by atoms with Crippen molar-refractivity contribution in [2.24, 2.45) is 0 Å². The van der Waals surface area contributed by atoms with Gasteiger partial charge >= 0.3 is 6.03 Å². The average Bonchev–Trinajstić information content (AvgIpc) is 3.15. The van der Waals surface area contributed by atoms with Crippen LogP contribution in [-0.4, -0.2) is 16.8 Å². The molecule has 6 heteroatoms. The largest absolute Gasteiger partial charge is 0.487 e. The quantitative estimate of drug-likeness (QED) is 0.882. The zero-order valence-corrected chi connectivity index (χ0v) is 14.3. The number of benzene rings is 1. The maximum Gasteiger partial charge on any atom is 0.315 e. The average molecular weight is 329 g/mol. The van der Waals surface area contributed by atoms with Gasteiger partial charge in [-0.15, -0.1) is 0 Å². The first-order valence-corrected chi connectivity index (χ1v) is 8.22. The minimum Gasteiger partial charge on any atom is -0.487 e. The predicted molar refractivity (Wildman–Crippen MR) is 89.8 cm³/mol. The number of nitrogens with one attached hydrogen (secondary N) is 2. The van der Waals surface area contributed by atoms with Crippen molar-refractivity contribution >= 4 is 6.03 Å². The molecule has 1 aromatic heterocycles. The number of carbonyl (C=O) groups excluding carboxylic acids is 1. The van der Waals surface area contributed by atoms with Crippen LogP contribution in [0.2, 0.25) is 0 Å². The number of carbonyl (C=O) groups is 1. The van der Waals surface area contributed by atoms with Crippen LogP contribution in [-0.2, 0) is 13.0 Å². The number of rotatable bonds is 5. The zero-order valence-electron chi connectivity index (χ0n) is 14.3. The number of hydrogen-bond acceptors (Lipinski definition) is 4. The SMILES string of the molecule is CCC(NC(=O)NCc1ccon1)c1ccc2c(c1)CC(C)(C)O2. The van der Waals surface area contributed by atoms with Crippen molar-refractivity contribution in [3.8, 4) is 5.75 Å². The summed E-state index contributed by atoms with van der Waals surface area (Å²) in [5, 5.41) is 9.56. The number of aromatic nitrogens is 1. The van der Waals surface area contributed by atoms with E-state index in [1.807, 2.05) is 12.1 Å². The molecule has 2 aromatic rings. The van der Waals surface area contributed by atoms with E-state index in [4.69, 9.17) is 9.26 Å². The lowest BCUT2D eigenvalue weighted by Crippen LogP contribution is -2.37. The van der Waals surface area contributed by atoms with E-state index < -0.39 is 0 Å². The third kappa shape index (κ3) is 3.69. The predicted octanol–water partition coefficient (Wildman–Crippen LogP) is 3.34. The fourth-order valence-corrected chi connectivity index (χ4v) is 2.98. The molecule has 0 fully saturated rings. The van der Waals surface area contributed by atoms with Gasteiger partial charge in [0.1, 0.15) is 23.3 Å². The number of urea groups is 1. The van der Waals surface area contributed by atoms with Crippen molar-refractivity contribution < 1.29 is 14.1 Å². The Morgan fingerprint density at radius 3 is 2.92 bits per heavy atom. The van der Waals surface area contributed by atoms with Crippen molar-refractivity contribution in [3.63, 3.8) is 0 Å². The van der Waals surface area contributed by atoms with Crippen LogP contribution in [0.5, 0.6) is 5.75 Å². The normalized spacial score (nSPS) is 16.1. The topological polar surface area (TPSA) is 76.4 Å². The molecule has 1 aromatic carbocycles. The summed E-state index contributed by atoms with van der Waals surface area (Å²) in [6.07, 6.45) is 3.17. The summed E-state index contributed by atoms with van der Waals surface area (Å²) in [7, 11) is 0. The number of nitrogens with zero attached hydrogens (tertiary/aromatic N) is 1. The molecule has 1 aliphatic heterocycles. The number of ether oxygens (including phenoxy) is 1. The van der Waals surface area contributed by atoms with Gasteiger partial charge in [-0.05, 0) is 43.5 Å². The standard InChI is InChI=1S/C18H23N3O3/c1-4-15(20-17(22)19-11-14-7-8-23-21-14)12-5-6-16-13(9-12)10-18(2,3)24-16/h5-9,15H,4,10-11H2,1-3H3,(H2,19,20,22). The van der Waals surface area contributed by atoms with Gasteiger partial charge in [-0.25, -0.2) is 4.79 Å². The minimum absolute atomic E-state index is 0.0451. The molecule has 0 spiro atoms. The summed E-state index contributed by atoms with van der Waals surface area (Å²) in [4.78, 5) is 12.1. The Kier molecular flexibility index (Phi) is 4.46. The van der Waals surface area contributed by atoms with Crippen LogP contribution in [0.25, 0.3) is 0 Å². The maximum absolute atomic E-state index is 12.1. The molecule has 6 nitrogen and oxygen atoms in total. The highest BCUT2D eigenvalue weighted by Gasteiger charge is 2.30. The summed E-state index contributed by atoms with van der Waals surface area (Å²) in [5.41, 5.74) is 2.82. The van der Waals surface area contributed by atoms with Gasteiger partial charge < -0.3 is 19.9 Å². The first-order chi connectivity index (χ1) is 11.5. The van der Waals surface area contributed by atoms with Crippen LogP contribution in [0.4, 0.5) is 4.79 Å². The molecular weight excluding hydrogens is 306 g/mol. The van der Waals surface area contributed by atoms with E-state index in [1.54, 1.807) is 6.07 Å². The molecule has 24 heavy (non-hydrogen) atoms. The van der Waals surface area contributed by atoms with Crippen LogP contribution in [0, 0.1) is 0 Å². The van der Waals surface area contributed by atoms with E-state index >= 15 is 0 Å². The number of amides is 2. The maximum atomic E-state index is 12.1. The van der Waals surface area contributed by atoms with Gasteiger partial charge in [-0.1, -0.05) is 18.1 Å². The zero-order chi connectivity index (χ0) is 17.2. The Balaban J connectivity index is 1.63. The summed E-state index contributed by atoms with van der Waals surface area (Å²) < 4.78 is 10.7. The highest BCUT2D eigenvalue weighted by atomic mass is 16.5. The van der Waals surface area contributed by atoms with Gasteiger partial charge in [0.25, 0.3) is 0 Å². The molecule has 1 aliphatic rings. The van der Waals surface area contributed by atoms with Gasteiger partial charge in [-0.2, -0.15) is 0 Å². The van der Waals surface area contributed by atoms with Gasteiger partial charge in [0, 0.05) is 12.5 Å². The van der Waals surface area contributed by atoms with E-state index in [9.17, 15) is 4.79 Å². The van der Waals surface area contributed by atoms with Crippen LogP contribution < -0.4 is 15.4 Å². The molecule has 1 atom stereocenters. The Hall–Kier alpha value is -2.50. The monoisotopic (exact) mass is 329 g/mol. The first kappa shape index (κ1) is 16.4. The van der Waals surface area contributed by atoms with Gasteiger partial charge in [0.15, 0.2) is 0 Å². The van der Waals surface area contributed by atoms with Crippen molar-refractivity contribution in [2.75, 3.05) is 0 Å². The highest BCUT2D eigenvalue weighted by Crippen LogP contribution is 2.36. The van der Waals surface area contributed by atoms with Crippen molar-refractivity contribution in [3.05, 3.63) is 47.3 Å². The van der Waals surface area contributed by atoms with E-state index in [0.717, 1.165) is 24.2 Å². The summed E-state index contributed by atoms with van der Waals surface area (Å²) in [6.45, 7) is 6.56. The third-order valence-corrected chi connectivity index (χ3v) is 4.12. The van der Waals surface area contributed by atoms with Crippen LogP contribution >= 0.6 is 0 Å². The Labute approximate surface area is 141 Å². The molecule has 3 rings (SSSR count). The van der Waals surface area contributed by atoms with Crippen molar-refractivity contribution in [2.45, 2.75) is 51.8 Å². The first-order valence-electron chi connectivity index (χ1n) is 8.22. The fraction of sp³-hybridized carbons (Fsp3) is 0.444. The van der Waals surface area contributed by atoms with Gasteiger partial charge in [0.2, 0.25) is 0 Å². The lowest BCUT2D eigenvalue weighted by atomic mass is 9.97. The molecule has 0 radical (unpaired) electrons. The number of hydrogen-bond donors (Lipinski definition) is 2.